The molecular weight excluding hydrogens is 548 g/mol. The fourth-order valence-electron chi connectivity index (χ4n) is 6.19. The predicted molar refractivity (Wildman–Crippen MR) is 154 cm³/mol. The van der Waals surface area contributed by atoms with Gasteiger partial charge in [0.1, 0.15) is 28.6 Å². The van der Waals surface area contributed by atoms with Crippen molar-refractivity contribution in [3.63, 3.8) is 0 Å². The Morgan fingerprint density at radius 2 is 1.93 bits per heavy atom. The Morgan fingerprint density at radius 1 is 1.15 bits per heavy atom. The third-order valence-corrected chi connectivity index (χ3v) is 9.78. The smallest absolute Gasteiger partial charge is 0.228 e. The van der Waals surface area contributed by atoms with E-state index in [0.29, 0.717) is 49.6 Å². The number of thioether (sulfide) groups is 1. The number of rotatable bonds is 6. The van der Waals surface area contributed by atoms with E-state index in [0.717, 1.165) is 32.2 Å². The molecule has 2 aliphatic heterocycles. The van der Waals surface area contributed by atoms with E-state index in [1.807, 2.05) is 44.2 Å². The summed E-state index contributed by atoms with van der Waals surface area (Å²) in [6, 6.07) is 1.87. The van der Waals surface area contributed by atoms with E-state index >= 15 is 0 Å². The number of amides is 1. The molecule has 5 heterocycles. The molecule has 1 N–H and O–H groups in total. The number of carbonyl (C=O) groups excluding carboxylic acids is 1. The van der Waals surface area contributed by atoms with Crippen LogP contribution >= 0.6 is 23.1 Å². The zero-order valence-corrected chi connectivity index (χ0v) is 24.8. The Balaban J connectivity index is 1.24. The van der Waals surface area contributed by atoms with Gasteiger partial charge in [-0.25, -0.2) is 15.0 Å². The quantitative estimate of drug-likeness (QED) is 0.335. The molecule has 2 saturated carbocycles. The predicted octanol–water partition coefficient (Wildman–Crippen LogP) is 4.24. The molecule has 7 rings (SSSR count). The summed E-state index contributed by atoms with van der Waals surface area (Å²) in [5.74, 6) is 0.260. The number of hydrogen-bond acceptors (Lipinski definition) is 11. The molecule has 2 saturated heterocycles. The standard InChI is InChI=1S/C28H34N6O4S2/c1-14-19(25-32-21-18(40-25)7-8-29-20(21)15-5-6-15)24(33-27(30-14)39-4)31-17-13-16(22-23(17)38-28(2,3)37-22)26(35)34-9-11-36-12-10-34/h7-8,15-17,22-23H,5-6,9-13H2,1-4H3,(H,30,31,33). The van der Waals surface area contributed by atoms with E-state index in [9.17, 15) is 4.79 Å². The van der Waals surface area contributed by atoms with Crippen LogP contribution in [0.3, 0.4) is 0 Å². The summed E-state index contributed by atoms with van der Waals surface area (Å²) in [5.41, 5.74) is 3.82. The highest BCUT2D eigenvalue weighted by Crippen LogP contribution is 2.46. The van der Waals surface area contributed by atoms with Gasteiger partial charge in [-0.05, 0) is 52.4 Å². The van der Waals surface area contributed by atoms with Crippen LogP contribution in [0.25, 0.3) is 20.8 Å². The van der Waals surface area contributed by atoms with E-state index in [1.165, 1.54) is 24.6 Å². The fourth-order valence-corrected chi connectivity index (χ4v) is 7.67. The van der Waals surface area contributed by atoms with Crippen LogP contribution in [0.2, 0.25) is 0 Å². The van der Waals surface area contributed by atoms with E-state index in [2.05, 4.69) is 10.3 Å². The van der Waals surface area contributed by atoms with Crippen LogP contribution in [0, 0.1) is 12.8 Å². The minimum Gasteiger partial charge on any atom is -0.378 e. The lowest BCUT2D eigenvalue weighted by Crippen LogP contribution is -2.46. The van der Waals surface area contributed by atoms with Crippen molar-refractivity contribution in [2.24, 2.45) is 5.92 Å². The minimum absolute atomic E-state index is 0.110. The Hall–Kier alpha value is -2.38. The molecule has 0 spiro atoms. The summed E-state index contributed by atoms with van der Waals surface area (Å²) < 4.78 is 19.3. The number of nitrogens with zero attached hydrogens (tertiary/aromatic N) is 5. The van der Waals surface area contributed by atoms with Crippen molar-refractivity contribution < 1.29 is 19.0 Å². The van der Waals surface area contributed by atoms with Gasteiger partial charge < -0.3 is 24.4 Å². The van der Waals surface area contributed by atoms with Crippen molar-refractivity contribution in [1.29, 1.82) is 0 Å². The van der Waals surface area contributed by atoms with Gasteiger partial charge in [0, 0.05) is 25.2 Å². The highest BCUT2D eigenvalue weighted by Gasteiger charge is 2.57. The van der Waals surface area contributed by atoms with Crippen molar-refractivity contribution in [3.8, 4) is 10.6 Å². The number of anilines is 1. The van der Waals surface area contributed by atoms with Crippen molar-refractivity contribution in [3.05, 3.63) is 23.7 Å². The number of aryl methyl sites for hydroxylation is 1. The molecule has 0 radical (unpaired) electrons. The molecule has 4 atom stereocenters. The summed E-state index contributed by atoms with van der Waals surface area (Å²) in [5, 5.41) is 5.26. The van der Waals surface area contributed by atoms with Crippen molar-refractivity contribution >= 4 is 45.0 Å². The van der Waals surface area contributed by atoms with E-state index < -0.39 is 5.79 Å². The number of fused-ring (bicyclic) bond motifs is 2. The molecule has 4 fully saturated rings. The first-order chi connectivity index (χ1) is 19.3. The molecule has 212 valence electrons. The molecule has 3 aromatic rings. The van der Waals surface area contributed by atoms with Gasteiger partial charge >= 0.3 is 0 Å². The molecular formula is C28H34N6O4S2. The third kappa shape index (κ3) is 4.77. The normalized spacial score (nSPS) is 27.8. The van der Waals surface area contributed by atoms with Crippen LogP contribution in [0.15, 0.2) is 17.4 Å². The van der Waals surface area contributed by atoms with Gasteiger partial charge in [-0.1, -0.05) is 11.8 Å². The number of nitrogens with one attached hydrogen (secondary N) is 1. The number of morpholine rings is 1. The van der Waals surface area contributed by atoms with Crippen molar-refractivity contribution in [1.82, 2.24) is 24.8 Å². The van der Waals surface area contributed by atoms with Gasteiger partial charge in [0.15, 0.2) is 10.9 Å². The van der Waals surface area contributed by atoms with Gasteiger partial charge in [-0.2, -0.15) is 0 Å². The molecule has 12 heteroatoms. The van der Waals surface area contributed by atoms with Gasteiger partial charge in [-0.15, -0.1) is 11.3 Å². The lowest BCUT2D eigenvalue weighted by molar-refractivity contribution is -0.164. The molecule has 1 amide bonds. The molecule has 2 aliphatic carbocycles. The van der Waals surface area contributed by atoms with Gasteiger partial charge in [0.25, 0.3) is 0 Å². The second-order valence-electron chi connectivity index (χ2n) is 11.5. The molecule has 4 aliphatic rings. The highest BCUT2D eigenvalue weighted by molar-refractivity contribution is 7.98. The van der Waals surface area contributed by atoms with Crippen molar-refractivity contribution in [2.75, 3.05) is 37.9 Å². The van der Waals surface area contributed by atoms with Crippen LogP contribution < -0.4 is 5.32 Å². The molecule has 4 unspecified atom stereocenters. The number of ether oxygens (including phenoxy) is 3. The third-order valence-electron chi connectivity index (χ3n) is 8.19. The maximum Gasteiger partial charge on any atom is 0.228 e. The molecule has 3 aromatic heterocycles. The van der Waals surface area contributed by atoms with E-state index in [4.69, 9.17) is 29.2 Å². The second kappa shape index (κ2) is 10.2. The monoisotopic (exact) mass is 582 g/mol. The molecule has 40 heavy (non-hydrogen) atoms. The summed E-state index contributed by atoms with van der Waals surface area (Å²) in [4.78, 5) is 35.0. The number of hydrogen-bond donors (Lipinski definition) is 1. The fraction of sp³-hybridized carbons (Fsp3) is 0.607. The highest BCUT2D eigenvalue weighted by atomic mass is 32.2. The zero-order valence-electron chi connectivity index (χ0n) is 23.2. The maximum atomic E-state index is 13.7. The number of aromatic nitrogens is 4. The van der Waals surface area contributed by atoms with Crippen LogP contribution in [0.4, 0.5) is 5.82 Å². The lowest BCUT2D eigenvalue weighted by atomic mass is 10.0. The first-order valence-electron chi connectivity index (χ1n) is 14.0. The molecule has 10 nitrogen and oxygen atoms in total. The average Bonchev–Trinajstić information content (AvgIpc) is 3.51. The van der Waals surface area contributed by atoms with Crippen LogP contribution in [0.5, 0.6) is 0 Å². The largest absolute Gasteiger partial charge is 0.378 e. The van der Waals surface area contributed by atoms with Crippen LogP contribution in [0.1, 0.15) is 50.4 Å². The van der Waals surface area contributed by atoms with Gasteiger partial charge in [0.2, 0.25) is 5.91 Å². The Labute approximate surface area is 241 Å². The van der Waals surface area contributed by atoms with Crippen LogP contribution in [-0.4, -0.2) is 87.3 Å². The Bertz CT molecular complexity index is 1450. The van der Waals surface area contributed by atoms with Crippen molar-refractivity contribution in [2.45, 2.75) is 75.1 Å². The minimum atomic E-state index is -0.771. The van der Waals surface area contributed by atoms with Gasteiger partial charge in [0.05, 0.1) is 46.8 Å². The summed E-state index contributed by atoms with van der Waals surface area (Å²) in [6.45, 7) is 8.19. The Morgan fingerprint density at radius 3 is 2.67 bits per heavy atom. The van der Waals surface area contributed by atoms with Crippen LogP contribution in [-0.2, 0) is 19.0 Å². The summed E-state index contributed by atoms with van der Waals surface area (Å²) in [7, 11) is 0. The molecule has 0 bridgehead atoms. The number of thiazole rings is 1. The zero-order chi connectivity index (χ0) is 27.6. The average molecular weight is 583 g/mol. The summed E-state index contributed by atoms with van der Waals surface area (Å²) >= 11 is 3.15. The number of pyridine rings is 1. The summed E-state index contributed by atoms with van der Waals surface area (Å²) in [6.07, 6.45) is 6.18. The maximum absolute atomic E-state index is 13.7. The van der Waals surface area contributed by atoms with Gasteiger partial charge in [-0.3, -0.25) is 9.78 Å². The Kier molecular flexibility index (Phi) is 6.74. The first kappa shape index (κ1) is 26.5. The number of carbonyl (C=O) groups is 1. The van der Waals surface area contributed by atoms with E-state index in [-0.39, 0.29) is 30.1 Å². The topological polar surface area (TPSA) is 112 Å². The van der Waals surface area contributed by atoms with E-state index in [1.54, 1.807) is 11.3 Å². The second-order valence-corrected chi connectivity index (χ2v) is 13.3. The SMILES string of the molecule is CSc1nc(C)c(-c2nc3c(C4CC4)nccc3s2)c(NC2CC(C(=O)N3CCOCC3)C3OC(C)(C)OC23)n1. The molecule has 0 aromatic carbocycles. The lowest BCUT2D eigenvalue weighted by Gasteiger charge is -2.31. The first-order valence-corrected chi connectivity index (χ1v) is 16.0.